The average Bonchev–Trinajstić information content (AvgIpc) is 3.23. The van der Waals surface area contributed by atoms with Crippen molar-refractivity contribution in [2.45, 2.75) is 4.90 Å². The molecule has 8 heteroatoms. The number of rotatable bonds is 6. The minimum absolute atomic E-state index is 0.237. The summed E-state index contributed by atoms with van der Waals surface area (Å²) < 4.78 is 25.9. The number of thiazole rings is 1. The van der Waals surface area contributed by atoms with Crippen LogP contribution in [0.4, 0.5) is 5.13 Å². The highest BCUT2D eigenvalue weighted by atomic mass is 32.2. The number of aromatic nitrogens is 1. The van der Waals surface area contributed by atoms with Crippen molar-refractivity contribution < 1.29 is 8.42 Å². The van der Waals surface area contributed by atoms with Crippen LogP contribution in [0.1, 0.15) is 5.56 Å². The summed E-state index contributed by atoms with van der Waals surface area (Å²) >= 11 is 1.41. The molecule has 0 aliphatic heterocycles. The molecule has 0 radical (unpaired) electrons. The van der Waals surface area contributed by atoms with Gasteiger partial charge in [-0.2, -0.15) is 5.10 Å². The van der Waals surface area contributed by atoms with E-state index in [2.05, 4.69) is 33.7 Å². The fraction of sp³-hybridized carbons (Fsp3) is 0.0909. The predicted octanol–water partition coefficient (Wildman–Crippen LogP) is 4.66. The Morgan fingerprint density at radius 3 is 2.63 bits per heavy atom. The lowest BCUT2D eigenvalue weighted by Gasteiger charge is -2.11. The van der Waals surface area contributed by atoms with Gasteiger partial charge in [0.1, 0.15) is 0 Å². The lowest BCUT2D eigenvalue weighted by Crippen LogP contribution is -2.22. The van der Waals surface area contributed by atoms with Gasteiger partial charge in [-0.25, -0.2) is 17.7 Å². The van der Waals surface area contributed by atoms with E-state index in [1.165, 1.54) is 29.7 Å². The molecule has 0 fully saturated rings. The van der Waals surface area contributed by atoms with Gasteiger partial charge in [0.05, 0.1) is 16.8 Å². The van der Waals surface area contributed by atoms with Gasteiger partial charge in [0, 0.05) is 30.6 Å². The maximum atomic E-state index is 12.4. The Balaban J connectivity index is 1.53. The van der Waals surface area contributed by atoms with Crippen LogP contribution in [0, 0.1) is 0 Å². The van der Waals surface area contributed by atoms with Gasteiger partial charge in [-0.1, -0.05) is 54.6 Å². The van der Waals surface area contributed by atoms with Crippen LogP contribution in [-0.4, -0.2) is 38.0 Å². The largest absolute Gasteiger partial charge is 0.253 e. The van der Waals surface area contributed by atoms with Gasteiger partial charge in [0.15, 0.2) is 0 Å². The van der Waals surface area contributed by atoms with Crippen molar-refractivity contribution in [3.8, 4) is 11.3 Å². The molecule has 1 N–H and O–H groups in total. The third-order valence-corrected chi connectivity index (χ3v) is 7.16. The predicted molar refractivity (Wildman–Crippen MR) is 124 cm³/mol. The zero-order valence-corrected chi connectivity index (χ0v) is 18.1. The topological polar surface area (TPSA) is 74.7 Å². The maximum Gasteiger partial charge on any atom is 0.242 e. The van der Waals surface area contributed by atoms with Crippen molar-refractivity contribution >= 4 is 43.5 Å². The van der Waals surface area contributed by atoms with Crippen LogP contribution in [-0.2, 0) is 10.0 Å². The molecule has 0 atom stereocenters. The van der Waals surface area contributed by atoms with Crippen molar-refractivity contribution in [3.05, 3.63) is 77.7 Å². The van der Waals surface area contributed by atoms with Crippen molar-refractivity contribution in [2.75, 3.05) is 19.5 Å². The Morgan fingerprint density at radius 1 is 1.03 bits per heavy atom. The highest BCUT2D eigenvalue weighted by Gasteiger charge is 2.18. The van der Waals surface area contributed by atoms with Crippen molar-refractivity contribution in [1.29, 1.82) is 0 Å². The molecule has 0 saturated carbocycles. The molecule has 3 aromatic carbocycles. The fourth-order valence-corrected chi connectivity index (χ4v) is 4.62. The summed E-state index contributed by atoms with van der Waals surface area (Å²) in [6, 6.07) is 21.0. The lowest BCUT2D eigenvalue weighted by atomic mass is 10.1. The highest BCUT2D eigenvalue weighted by Crippen LogP contribution is 2.27. The Kier molecular flexibility index (Phi) is 5.63. The summed E-state index contributed by atoms with van der Waals surface area (Å²) in [5.74, 6) is 0. The number of nitrogens with one attached hydrogen (secondary N) is 1. The van der Waals surface area contributed by atoms with E-state index in [4.69, 9.17) is 0 Å². The van der Waals surface area contributed by atoms with Crippen molar-refractivity contribution in [2.24, 2.45) is 5.10 Å². The minimum Gasteiger partial charge on any atom is -0.253 e. The van der Waals surface area contributed by atoms with Crippen LogP contribution in [0.3, 0.4) is 0 Å². The normalized spacial score (nSPS) is 12.1. The molecule has 6 nitrogen and oxygen atoms in total. The summed E-state index contributed by atoms with van der Waals surface area (Å²) in [4.78, 5) is 4.76. The molecule has 152 valence electrons. The molecule has 30 heavy (non-hydrogen) atoms. The number of benzene rings is 3. The van der Waals surface area contributed by atoms with Gasteiger partial charge in [0.2, 0.25) is 15.2 Å². The number of hydrazone groups is 1. The summed E-state index contributed by atoms with van der Waals surface area (Å²) in [6.07, 6.45) is 1.77. The summed E-state index contributed by atoms with van der Waals surface area (Å²) in [5.41, 5.74) is 5.40. The summed E-state index contributed by atoms with van der Waals surface area (Å²) in [5, 5.41) is 9.11. The van der Waals surface area contributed by atoms with Gasteiger partial charge in [-0.3, -0.25) is 5.43 Å². The molecule has 0 bridgehead atoms. The van der Waals surface area contributed by atoms with Gasteiger partial charge in [0.25, 0.3) is 0 Å². The second-order valence-electron chi connectivity index (χ2n) is 6.79. The first kappa shape index (κ1) is 20.2. The highest BCUT2D eigenvalue weighted by molar-refractivity contribution is 7.89. The molecule has 4 rings (SSSR count). The fourth-order valence-electron chi connectivity index (χ4n) is 3.00. The molecule has 0 unspecified atom stereocenters. The molecular formula is C22H20N4O2S2. The second kappa shape index (κ2) is 8.35. The molecule has 0 saturated heterocycles. The number of anilines is 1. The molecule has 0 aliphatic rings. The second-order valence-corrected chi connectivity index (χ2v) is 9.80. The van der Waals surface area contributed by atoms with E-state index in [9.17, 15) is 8.42 Å². The van der Waals surface area contributed by atoms with Gasteiger partial charge >= 0.3 is 0 Å². The first-order chi connectivity index (χ1) is 14.4. The molecule has 0 amide bonds. The van der Waals surface area contributed by atoms with Crippen LogP contribution < -0.4 is 5.43 Å². The Labute approximate surface area is 179 Å². The van der Waals surface area contributed by atoms with E-state index in [-0.39, 0.29) is 4.90 Å². The van der Waals surface area contributed by atoms with Crippen molar-refractivity contribution in [1.82, 2.24) is 9.29 Å². The Bertz CT molecular complexity index is 1320. The number of nitrogens with zero attached hydrogens (tertiary/aromatic N) is 3. The first-order valence-corrected chi connectivity index (χ1v) is 11.5. The minimum atomic E-state index is -3.49. The molecule has 4 aromatic rings. The standard InChI is InChI=1S/C22H20N4O2S2/c1-26(2)30(27,28)19-11-6-9-17(13-19)21-15-29-22(24-21)25-23-14-18-10-5-8-16-7-3-4-12-20(16)18/h3-15H,1-2H3,(H,24,25). The molecule has 1 aromatic heterocycles. The van der Waals surface area contributed by atoms with E-state index in [0.29, 0.717) is 10.8 Å². The lowest BCUT2D eigenvalue weighted by molar-refractivity contribution is 0.521. The average molecular weight is 437 g/mol. The van der Waals surface area contributed by atoms with E-state index in [0.717, 1.165) is 21.9 Å². The van der Waals surface area contributed by atoms with E-state index < -0.39 is 10.0 Å². The molecule has 0 aliphatic carbocycles. The smallest absolute Gasteiger partial charge is 0.242 e. The Morgan fingerprint density at radius 2 is 1.80 bits per heavy atom. The van der Waals surface area contributed by atoms with E-state index in [1.807, 2.05) is 35.7 Å². The molecule has 1 heterocycles. The maximum absolute atomic E-state index is 12.4. The van der Waals surface area contributed by atoms with Gasteiger partial charge in [-0.05, 0) is 22.9 Å². The van der Waals surface area contributed by atoms with Crippen molar-refractivity contribution in [3.63, 3.8) is 0 Å². The molecule has 0 spiro atoms. The summed E-state index contributed by atoms with van der Waals surface area (Å²) in [6.45, 7) is 0. The number of hydrogen-bond donors (Lipinski definition) is 1. The third kappa shape index (κ3) is 4.11. The summed E-state index contributed by atoms with van der Waals surface area (Å²) in [7, 11) is -0.464. The number of fused-ring (bicyclic) bond motifs is 1. The van der Waals surface area contributed by atoms with Crippen LogP contribution in [0.15, 0.2) is 82.1 Å². The number of sulfonamides is 1. The first-order valence-electron chi connectivity index (χ1n) is 9.20. The zero-order valence-electron chi connectivity index (χ0n) is 16.5. The van der Waals surface area contributed by atoms with Crippen LogP contribution >= 0.6 is 11.3 Å². The van der Waals surface area contributed by atoms with E-state index in [1.54, 1.807) is 24.4 Å². The Hall–Kier alpha value is -3.07. The quantitative estimate of drug-likeness (QED) is 0.352. The molecular weight excluding hydrogens is 416 g/mol. The van der Waals surface area contributed by atoms with Gasteiger partial charge in [-0.15, -0.1) is 11.3 Å². The SMILES string of the molecule is CN(C)S(=O)(=O)c1cccc(-c2csc(NN=Cc3cccc4ccccc34)n2)c1. The third-order valence-electron chi connectivity index (χ3n) is 4.60. The number of hydrogen-bond acceptors (Lipinski definition) is 6. The van der Waals surface area contributed by atoms with E-state index >= 15 is 0 Å². The van der Waals surface area contributed by atoms with Crippen LogP contribution in [0.5, 0.6) is 0 Å². The van der Waals surface area contributed by atoms with Crippen LogP contribution in [0.25, 0.3) is 22.0 Å². The van der Waals surface area contributed by atoms with Crippen LogP contribution in [0.2, 0.25) is 0 Å². The van der Waals surface area contributed by atoms with Gasteiger partial charge < -0.3 is 0 Å². The monoisotopic (exact) mass is 436 g/mol. The zero-order chi connectivity index (χ0) is 21.1.